The summed E-state index contributed by atoms with van der Waals surface area (Å²) in [4.78, 5) is 15.3. The normalized spacial score (nSPS) is 13.8. The lowest BCUT2D eigenvalue weighted by Gasteiger charge is -2.37. The smallest absolute Gasteiger partial charge is 0.307 e. The summed E-state index contributed by atoms with van der Waals surface area (Å²) in [5.41, 5.74) is 2.09. The van der Waals surface area contributed by atoms with Gasteiger partial charge < -0.3 is 4.74 Å². The molecule has 0 spiro atoms. The van der Waals surface area contributed by atoms with E-state index in [0.717, 1.165) is 19.4 Å². The van der Waals surface area contributed by atoms with Crippen molar-refractivity contribution < 1.29 is 9.53 Å². The summed E-state index contributed by atoms with van der Waals surface area (Å²) in [7, 11) is 0. The molecule has 2 aromatic rings. The number of unbranched alkanes of at least 4 members (excludes halogenated alkanes) is 2. The summed E-state index contributed by atoms with van der Waals surface area (Å²) in [5.74, 6) is -0.109. The SMILES string of the molecule is CCCCC[C@@H](CC(=O)OC(C)(C)C)N(Cc1ccccc1)[C@H](C)c1ccccc1. The monoisotopic (exact) mass is 409 g/mol. The Labute approximate surface area is 183 Å². The van der Waals surface area contributed by atoms with Crippen LogP contribution in [0.2, 0.25) is 0 Å². The molecule has 2 rings (SSSR count). The van der Waals surface area contributed by atoms with E-state index in [1.54, 1.807) is 0 Å². The van der Waals surface area contributed by atoms with E-state index in [9.17, 15) is 4.79 Å². The van der Waals surface area contributed by atoms with Gasteiger partial charge in [0.2, 0.25) is 0 Å². The van der Waals surface area contributed by atoms with Gasteiger partial charge in [0.1, 0.15) is 5.60 Å². The molecule has 3 heteroatoms. The number of ether oxygens (including phenoxy) is 1. The van der Waals surface area contributed by atoms with Crippen molar-refractivity contribution in [1.82, 2.24) is 4.90 Å². The van der Waals surface area contributed by atoms with Gasteiger partial charge in [-0.3, -0.25) is 9.69 Å². The molecule has 0 N–H and O–H groups in total. The van der Waals surface area contributed by atoms with E-state index < -0.39 is 5.60 Å². The lowest BCUT2D eigenvalue weighted by atomic mass is 9.98. The maximum atomic E-state index is 12.8. The first-order valence-electron chi connectivity index (χ1n) is 11.4. The van der Waals surface area contributed by atoms with Crippen LogP contribution >= 0.6 is 0 Å². The largest absolute Gasteiger partial charge is 0.460 e. The molecular weight excluding hydrogens is 370 g/mol. The number of esters is 1. The molecule has 0 bridgehead atoms. The summed E-state index contributed by atoms with van der Waals surface area (Å²) in [6.07, 6.45) is 4.90. The van der Waals surface area contributed by atoms with Gasteiger partial charge in [0, 0.05) is 18.6 Å². The zero-order valence-electron chi connectivity index (χ0n) is 19.4. The molecule has 0 unspecified atom stereocenters. The highest BCUT2D eigenvalue weighted by atomic mass is 16.6. The van der Waals surface area contributed by atoms with Gasteiger partial charge in [0.25, 0.3) is 0 Å². The highest BCUT2D eigenvalue weighted by molar-refractivity contribution is 5.70. The molecule has 0 saturated carbocycles. The van der Waals surface area contributed by atoms with Gasteiger partial charge in [-0.25, -0.2) is 0 Å². The van der Waals surface area contributed by atoms with Gasteiger partial charge in [-0.2, -0.15) is 0 Å². The van der Waals surface area contributed by atoms with Crippen molar-refractivity contribution in [2.24, 2.45) is 0 Å². The van der Waals surface area contributed by atoms with Gasteiger partial charge in [-0.15, -0.1) is 0 Å². The Bertz CT molecular complexity index is 736. The van der Waals surface area contributed by atoms with Crippen molar-refractivity contribution in [3.05, 3.63) is 71.8 Å². The number of nitrogens with zero attached hydrogens (tertiary/aromatic N) is 1. The highest BCUT2D eigenvalue weighted by Crippen LogP contribution is 2.29. The van der Waals surface area contributed by atoms with Crippen molar-refractivity contribution in [1.29, 1.82) is 0 Å². The second-order valence-electron chi connectivity index (χ2n) is 9.18. The van der Waals surface area contributed by atoms with Crippen molar-refractivity contribution in [3.8, 4) is 0 Å². The molecule has 2 atom stereocenters. The summed E-state index contributed by atoms with van der Waals surface area (Å²) in [6, 6.07) is 21.5. The highest BCUT2D eigenvalue weighted by Gasteiger charge is 2.28. The number of benzene rings is 2. The Morgan fingerprint density at radius 1 is 0.967 bits per heavy atom. The standard InChI is InChI=1S/C27H39NO2/c1-6-7-10-19-25(20-26(29)30-27(3,4)5)28(21-23-15-11-8-12-16-23)22(2)24-17-13-9-14-18-24/h8-9,11-18,22,25H,6-7,10,19-21H2,1-5H3/t22-,25+/m1/s1. The van der Waals surface area contributed by atoms with Gasteiger partial charge >= 0.3 is 5.97 Å². The summed E-state index contributed by atoms with van der Waals surface area (Å²) < 4.78 is 5.69. The fourth-order valence-corrected chi connectivity index (χ4v) is 3.89. The lowest BCUT2D eigenvalue weighted by molar-refractivity contribution is -0.156. The number of carbonyl (C=O) groups is 1. The first-order chi connectivity index (χ1) is 14.3. The van der Waals surface area contributed by atoms with E-state index in [2.05, 4.69) is 73.3 Å². The second-order valence-corrected chi connectivity index (χ2v) is 9.18. The fraction of sp³-hybridized carbons (Fsp3) is 0.519. The van der Waals surface area contributed by atoms with E-state index in [1.165, 1.54) is 24.0 Å². The van der Waals surface area contributed by atoms with Gasteiger partial charge in [0.05, 0.1) is 6.42 Å². The Morgan fingerprint density at radius 3 is 2.13 bits per heavy atom. The molecule has 0 aliphatic carbocycles. The van der Waals surface area contributed by atoms with Gasteiger partial charge in [0.15, 0.2) is 0 Å². The molecular formula is C27H39NO2. The van der Waals surface area contributed by atoms with Crippen LogP contribution in [0, 0.1) is 0 Å². The quantitative estimate of drug-likeness (QED) is 0.298. The predicted octanol–water partition coefficient (Wildman–Crippen LogP) is 6.93. The Hall–Kier alpha value is -2.13. The van der Waals surface area contributed by atoms with Crippen LogP contribution in [0.4, 0.5) is 0 Å². The van der Waals surface area contributed by atoms with Crippen molar-refractivity contribution in [3.63, 3.8) is 0 Å². The van der Waals surface area contributed by atoms with E-state index >= 15 is 0 Å². The van der Waals surface area contributed by atoms with E-state index in [-0.39, 0.29) is 18.1 Å². The Kier molecular flexibility index (Phi) is 9.58. The van der Waals surface area contributed by atoms with Crippen LogP contribution in [-0.4, -0.2) is 22.5 Å². The molecule has 164 valence electrons. The number of rotatable bonds is 11. The maximum absolute atomic E-state index is 12.8. The van der Waals surface area contributed by atoms with Crippen molar-refractivity contribution >= 4 is 5.97 Å². The van der Waals surface area contributed by atoms with Crippen LogP contribution in [0.15, 0.2) is 60.7 Å². The average molecular weight is 410 g/mol. The number of hydrogen-bond donors (Lipinski definition) is 0. The third-order valence-corrected chi connectivity index (χ3v) is 5.42. The number of carbonyl (C=O) groups excluding carboxylic acids is 1. The minimum atomic E-state index is -0.458. The molecule has 0 amide bonds. The van der Waals surface area contributed by atoms with E-state index in [0.29, 0.717) is 6.42 Å². The van der Waals surface area contributed by atoms with Crippen LogP contribution in [0.25, 0.3) is 0 Å². The lowest BCUT2D eigenvalue weighted by Crippen LogP contribution is -2.39. The topological polar surface area (TPSA) is 29.5 Å². The third-order valence-electron chi connectivity index (χ3n) is 5.42. The summed E-state index contributed by atoms with van der Waals surface area (Å²) >= 11 is 0. The van der Waals surface area contributed by atoms with Crippen LogP contribution < -0.4 is 0 Å². The van der Waals surface area contributed by atoms with Gasteiger partial charge in [-0.05, 0) is 45.2 Å². The maximum Gasteiger partial charge on any atom is 0.307 e. The van der Waals surface area contributed by atoms with Crippen LogP contribution in [0.5, 0.6) is 0 Å². The van der Waals surface area contributed by atoms with Gasteiger partial charge in [-0.1, -0.05) is 86.8 Å². The van der Waals surface area contributed by atoms with Crippen molar-refractivity contribution in [2.45, 2.75) is 91.0 Å². The van der Waals surface area contributed by atoms with Crippen LogP contribution in [0.3, 0.4) is 0 Å². The molecule has 0 heterocycles. The minimum Gasteiger partial charge on any atom is -0.460 e. The summed E-state index contributed by atoms with van der Waals surface area (Å²) in [6.45, 7) is 11.1. The molecule has 0 aromatic heterocycles. The first kappa shape index (κ1) is 24.1. The fourth-order valence-electron chi connectivity index (χ4n) is 3.89. The second kappa shape index (κ2) is 11.9. The molecule has 30 heavy (non-hydrogen) atoms. The summed E-state index contributed by atoms with van der Waals surface area (Å²) in [5, 5.41) is 0. The molecule has 0 aliphatic heterocycles. The molecule has 0 aliphatic rings. The minimum absolute atomic E-state index is 0.109. The predicted molar refractivity (Wildman–Crippen MR) is 125 cm³/mol. The van der Waals surface area contributed by atoms with E-state index in [4.69, 9.17) is 4.74 Å². The molecule has 3 nitrogen and oxygen atoms in total. The molecule has 0 radical (unpaired) electrons. The third kappa shape index (κ3) is 8.31. The molecule has 0 fully saturated rings. The first-order valence-corrected chi connectivity index (χ1v) is 11.4. The molecule has 2 aromatic carbocycles. The zero-order valence-corrected chi connectivity index (χ0v) is 19.4. The van der Waals surface area contributed by atoms with Crippen LogP contribution in [-0.2, 0) is 16.1 Å². The van der Waals surface area contributed by atoms with E-state index in [1.807, 2.05) is 26.8 Å². The Balaban J connectivity index is 2.30. The Morgan fingerprint density at radius 2 is 1.57 bits per heavy atom. The van der Waals surface area contributed by atoms with Crippen molar-refractivity contribution in [2.75, 3.05) is 0 Å². The zero-order chi connectivity index (χ0) is 22.0. The van der Waals surface area contributed by atoms with Crippen LogP contribution in [0.1, 0.15) is 83.9 Å². The number of hydrogen-bond acceptors (Lipinski definition) is 3. The molecule has 0 saturated heterocycles. The average Bonchev–Trinajstić information content (AvgIpc) is 2.71.